The number of hydrogen-bond donors (Lipinski definition) is 3. The number of aryl methyl sites for hydroxylation is 1. The minimum absolute atomic E-state index is 0.219. The number of nitrogens with zero attached hydrogens (tertiary/aromatic N) is 1. The Bertz CT molecular complexity index is 1640. The maximum atomic E-state index is 13.6. The van der Waals surface area contributed by atoms with Gasteiger partial charge in [-0.25, -0.2) is 4.21 Å². The van der Waals surface area contributed by atoms with Gasteiger partial charge in [0.05, 0.1) is 21.5 Å². The highest BCUT2D eigenvalue weighted by atomic mass is 32.2. The first-order valence-electron chi connectivity index (χ1n) is 11.8. The number of carbonyl (C=O) groups excluding carboxylic acids is 2. The number of anilines is 1. The van der Waals surface area contributed by atoms with Gasteiger partial charge < -0.3 is 15.5 Å². The average Bonchev–Trinajstić information content (AvgIpc) is 3.37. The van der Waals surface area contributed by atoms with Crippen LogP contribution in [0.25, 0.3) is 0 Å². The van der Waals surface area contributed by atoms with Gasteiger partial charge in [-0.2, -0.15) is 0 Å². The Morgan fingerprint density at radius 3 is 2.53 bits per heavy atom. The van der Waals surface area contributed by atoms with Crippen LogP contribution in [0.5, 0.6) is 0 Å². The number of furan rings is 1. The second kappa shape index (κ2) is 12.1. The van der Waals surface area contributed by atoms with Crippen LogP contribution in [0, 0.1) is 18.8 Å². The van der Waals surface area contributed by atoms with Gasteiger partial charge in [-0.15, -0.1) is 0 Å². The Morgan fingerprint density at radius 1 is 1.00 bits per heavy atom. The molecule has 0 radical (unpaired) electrons. The molecule has 4 rings (SSSR count). The van der Waals surface area contributed by atoms with Crippen molar-refractivity contribution in [3.05, 3.63) is 113 Å². The van der Waals surface area contributed by atoms with Crippen molar-refractivity contribution >= 4 is 32.6 Å². The van der Waals surface area contributed by atoms with E-state index in [0.29, 0.717) is 34.7 Å². The third-order valence-electron chi connectivity index (χ3n) is 5.40. The molecule has 0 aliphatic carbocycles. The fourth-order valence-corrected chi connectivity index (χ4v) is 5.31. The largest absolute Gasteiger partial charge is 0.459 e. The van der Waals surface area contributed by atoms with E-state index in [4.69, 9.17) is 10.2 Å². The predicted molar refractivity (Wildman–Crippen MR) is 148 cm³/mol. The normalized spacial score (nSPS) is 11.9. The summed E-state index contributed by atoms with van der Waals surface area (Å²) in [7, 11) is -2.99. The van der Waals surface area contributed by atoms with Gasteiger partial charge in [0.25, 0.3) is 11.8 Å². The van der Waals surface area contributed by atoms with Crippen LogP contribution < -0.4 is 15.8 Å². The van der Waals surface area contributed by atoms with Crippen LogP contribution >= 0.6 is 0 Å². The number of amides is 2. The molecule has 1 atom stereocenters. The summed E-state index contributed by atoms with van der Waals surface area (Å²) >= 11 is 0. The number of nitrogens with one attached hydrogen (secondary N) is 2. The van der Waals surface area contributed by atoms with E-state index in [9.17, 15) is 13.8 Å². The van der Waals surface area contributed by atoms with E-state index >= 15 is 0 Å². The Labute approximate surface area is 221 Å². The molecule has 0 saturated carbocycles. The molecule has 0 saturated heterocycles. The lowest BCUT2D eigenvalue weighted by molar-refractivity contribution is 0.0978. The highest BCUT2D eigenvalue weighted by Gasteiger charge is 2.16. The van der Waals surface area contributed by atoms with Crippen molar-refractivity contribution in [3.63, 3.8) is 0 Å². The first-order valence-corrected chi connectivity index (χ1v) is 13.4. The van der Waals surface area contributed by atoms with E-state index in [-0.39, 0.29) is 17.2 Å². The number of hydrogen-bond acceptors (Lipinski definition) is 6. The quantitative estimate of drug-likeness (QED) is 0.249. The molecule has 4 N–H and O–H groups in total. The van der Waals surface area contributed by atoms with E-state index in [1.807, 2.05) is 6.07 Å². The molecule has 0 aliphatic heterocycles. The van der Waals surface area contributed by atoms with Crippen LogP contribution in [0.1, 0.15) is 44.0 Å². The van der Waals surface area contributed by atoms with Crippen molar-refractivity contribution in [3.8, 4) is 11.8 Å². The lowest BCUT2D eigenvalue weighted by Crippen LogP contribution is -2.32. The van der Waals surface area contributed by atoms with Crippen LogP contribution in [-0.4, -0.2) is 32.9 Å². The molecule has 8 nitrogen and oxygen atoms in total. The number of benzene rings is 2. The third kappa shape index (κ3) is 6.56. The molecule has 0 aliphatic rings. The van der Waals surface area contributed by atoms with E-state index in [1.165, 1.54) is 24.0 Å². The maximum absolute atomic E-state index is 13.6. The summed E-state index contributed by atoms with van der Waals surface area (Å²) in [6.07, 6.45) is 4.76. The first kappa shape index (κ1) is 26.4. The molecule has 4 aromatic rings. The Hall–Kier alpha value is -4.65. The van der Waals surface area contributed by atoms with E-state index < -0.39 is 15.6 Å². The lowest BCUT2D eigenvalue weighted by Gasteiger charge is -2.14. The zero-order chi connectivity index (χ0) is 27.0. The fourth-order valence-electron chi connectivity index (χ4n) is 3.49. The zero-order valence-electron chi connectivity index (χ0n) is 20.6. The highest BCUT2D eigenvalue weighted by molar-refractivity contribution is 8.00. The molecule has 2 heterocycles. The fraction of sp³-hybridized carbons (Fsp3) is 0.103. The number of aromatic nitrogens is 1. The second-order valence-corrected chi connectivity index (χ2v) is 10.5. The molecule has 0 fully saturated rings. The van der Waals surface area contributed by atoms with Gasteiger partial charge in [0.2, 0.25) is 0 Å². The minimum Gasteiger partial charge on any atom is -0.459 e. The second-order valence-electron chi connectivity index (χ2n) is 8.27. The SMILES string of the molecule is Cc1ccoc1C(=O)Nc1cccc(C#Cc2cncc(C(=O)NS(=O)(=CCCN)c3ccccc3)c2)c1. The highest BCUT2D eigenvalue weighted by Crippen LogP contribution is 2.15. The van der Waals surface area contributed by atoms with Crippen LogP contribution in [0.15, 0.2) is 94.7 Å². The van der Waals surface area contributed by atoms with Gasteiger partial charge in [0, 0.05) is 39.7 Å². The maximum Gasteiger partial charge on any atom is 0.291 e. The van der Waals surface area contributed by atoms with Crippen LogP contribution in [-0.2, 0) is 9.71 Å². The summed E-state index contributed by atoms with van der Waals surface area (Å²) in [5, 5.41) is 4.33. The lowest BCUT2D eigenvalue weighted by atomic mass is 10.1. The van der Waals surface area contributed by atoms with Gasteiger partial charge in [-0.05, 0) is 67.7 Å². The van der Waals surface area contributed by atoms with Crippen LogP contribution in [0.4, 0.5) is 5.69 Å². The summed E-state index contributed by atoms with van der Waals surface area (Å²) in [5.41, 5.74) is 8.27. The number of nitrogens with two attached hydrogens (primary N) is 1. The predicted octanol–water partition coefficient (Wildman–Crippen LogP) is 3.77. The van der Waals surface area contributed by atoms with Crippen molar-refractivity contribution in [1.82, 2.24) is 9.71 Å². The summed E-state index contributed by atoms with van der Waals surface area (Å²) in [4.78, 5) is 30.0. The van der Waals surface area contributed by atoms with E-state index in [0.717, 1.165) is 5.56 Å². The minimum atomic E-state index is -2.99. The molecule has 2 amide bonds. The summed E-state index contributed by atoms with van der Waals surface area (Å²) in [6.45, 7) is 2.10. The van der Waals surface area contributed by atoms with E-state index in [1.54, 1.807) is 67.6 Å². The Kier molecular flexibility index (Phi) is 8.38. The van der Waals surface area contributed by atoms with Crippen LogP contribution in [0.2, 0.25) is 0 Å². The number of carbonyl (C=O) groups is 2. The molecular formula is C29H26N4O4S. The standard InChI is InChI=1S/C29H26N4O4S/c1-21-13-15-37-27(21)29(35)32-25-8-5-7-22(18-25)11-12-23-17-24(20-31-19-23)28(34)33-38(36,16-6-14-30)26-9-3-2-4-10-26/h2-5,7-10,13,15-20H,6,14,30H2,1H3,(H,32,35)(H,33,34,36). The molecule has 1 unspecified atom stereocenters. The first-order chi connectivity index (χ1) is 18.4. The van der Waals surface area contributed by atoms with Gasteiger partial charge in [-0.3, -0.25) is 19.3 Å². The van der Waals surface area contributed by atoms with Gasteiger partial charge >= 0.3 is 0 Å². The molecule has 2 aromatic carbocycles. The molecular weight excluding hydrogens is 500 g/mol. The van der Waals surface area contributed by atoms with Crippen molar-refractivity contribution in [2.24, 2.45) is 5.73 Å². The van der Waals surface area contributed by atoms with Gasteiger partial charge in [-0.1, -0.05) is 36.1 Å². The van der Waals surface area contributed by atoms with Crippen molar-refractivity contribution < 1.29 is 18.2 Å². The zero-order valence-corrected chi connectivity index (χ0v) is 21.5. The molecule has 0 spiro atoms. The summed E-state index contributed by atoms with van der Waals surface area (Å²) in [6, 6.07) is 19.1. The van der Waals surface area contributed by atoms with Crippen molar-refractivity contribution in [1.29, 1.82) is 0 Å². The van der Waals surface area contributed by atoms with Gasteiger partial charge in [0.1, 0.15) is 0 Å². The molecule has 9 heteroatoms. The smallest absolute Gasteiger partial charge is 0.291 e. The monoisotopic (exact) mass is 526 g/mol. The molecule has 0 bridgehead atoms. The Morgan fingerprint density at radius 2 is 1.79 bits per heavy atom. The Balaban J connectivity index is 1.51. The topological polar surface area (TPSA) is 127 Å². The number of rotatable bonds is 7. The molecule has 38 heavy (non-hydrogen) atoms. The third-order valence-corrected chi connectivity index (χ3v) is 7.56. The summed E-state index contributed by atoms with van der Waals surface area (Å²) < 4.78 is 21.5. The van der Waals surface area contributed by atoms with Crippen LogP contribution in [0.3, 0.4) is 0 Å². The average molecular weight is 527 g/mol. The van der Waals surface area contributed by atoms with Crippen molar-refractivity contribution in [2.45, 2.75) is 18.2 Å². The van der Waals surface area contributed by atoms with Gasteiger partial charge in [0.15, 0.2) is 5.76 Å². The molecule has 2 aromatic heterocycles. The van der Waals surface area contributed by atoms with Crippen molar-refractivity contribution in [2.75, 3.05) is 11.9 Å². The number of pyridine rings is 1. The molecule has 192 valence electrons. The van der Waals surface area contributed by atoms with E-state index in [2.05, 4.69) is 26.9 Å². The summed E-state index contributed by atoms with van der Waals surface area (Å²) in [5.74, 6) is 5.36.